The number of halogens is 2. The molecule has 3 rings (SSSR count). The second kappa shape index (κ2) is 7.03. The number of rotatable bonds is 4. The van der Waals surface area contributed by atoms with Crippen molar-refractivity contribution >= 4 is 40.1 Å². The fourth-order valence-corrected chi connectivity index (χ4v) is 2.66. The molecule has 1 aromatic heterocycles. The lowest BCUT2D eigenvalue weighted by Gasteiger charge is -2.08. The van der Waals surface area contributed by atoms with Crippen LogP contribution in [0.25, 0.3) is 10.9 Å². The largest absolute Gasteiger partial charge is 0.425 e. The van der Waals surface area contributed by atoms with Crippen LogP contribution in [0, 0.1) is 0 Å². The maximum Gasteiger partial charge on any atom is 0.313 e. The average Bonchev–Trinajstić information content (AvgIpc) is 2.57. The Labute approximate surface area is 147 Å². The molecule has 0 aliphatic carbocycles. The van der Waals surface area contributed by atoms with E-state index in [4.69, 9.17) is 27.9 Å². The Kier molecular flexibility index (Phi) is 4.83. The van der Waals surface area contributed by atoms with E-state index >= 15 is 0 Å². The third-order valence-electron chi connectivity index (χ3n) is 3.41. The fourth-order valence-electron chi connectivity index (χ4n) is 2.21. The first kappa shape index (κ1) is 16.5. The van der Waals surface area contributed by atoms with Gasteiger partial charge in [-0.3, -0.25) is 14.2 Å². The third-order valence-corrected chi connectivity index (χ3v) is 3.94. The van der Waals surface area contributed by atoms with Crippen molar-refractivity contribution in [2.24, 2.45) is 0 Å². The predicted molar refractivity (Wildman–Crippen MR) is 92.7 cm³/mol. The molecule has 0 amide bonds. The van der Waals surface area contributed by atoms with Crippen LogP contribution in [0.15, 0.2) is 53.6 Å². The molecule has 0 bridgehead atoms. The van der Waals surface area contributed by atoms with Crippen molar-refractivity contribution in [1.29, 1.82) is 0 Å². The molecular formula is C17H12Cl2N2O3. The molecule has 0 aliphatic rings. The highest BCUT2D eigenvalue weighted by Crippen LogP contribution is 2.27. The summed E-state index contributed by atoms with van der Waals surface area (Å²) in [6.45, 7) is 0.167. The number of hydrogen-bond acceptors (Lipinski definition) is 4. The van der Waals surface area contributed by atoms with E-state index in [1.165, 1.54) is 23.0 Å². The Morgan fingerprint density at radius 1 is 1.17 bits per heavy atom. The second-order valence-corrected chi connectivity index (χ2v) is 5.90. The van der Waals surface area contributed by atoms with Gasteiger partial charge in [0.15, 0.2) is 0 Å². The highest BCUT2D eigenvalue weighted by atomic mass is 35.5. The Morgan fingerprint density at radius 2 is 1.96 bits per heavy atom. The smallest absolute Gasteiger partial charge is 0.313 e. The molecule has 0 unspecified atom stereocenters. The normalized spacial score (nSPS) is 10.8. The van der Waals surface area contributed by atoms with Crippen molar-refractivity contribution < 1.29 is 9.53 Å². The summed E-state index contributed by atoms with van der Waals surface area (Å²) in [6, 6.07) is 11.6. The van der Waals surface area contributed by atoms with Crippen LogP contribution in [-0.4, -0.2) is 15.5 Å². The van der Waals surface area contributed by atoms with Crippen molar-refractivity contribution in [3.63, 3.8) is 0 Å². The molecule has 0 spiro atoms. The molecule has 2 aromatic carbocycles. The van der Waals surface area contributed by atoms with Gasteiger partial charge in [-0.05, 0) is 30.3 Å². The summed E-state index contributed by atoms with van der Waals surface area (Å²) in [5, 5.41) is 1.21. The summed E-state index contributed by atoms with van der Waals surface area (Å²) in [5.41, 5.74) is 0.423. The Balaban J connectivity index is 1.70. The highest BCUT2D eigenvalue weighted by Gasteiger charge is 2.10. The number of para-hydroxylation sites is 1. The molecule has 5 nitrogen and oxygen atoms in total. The Bertz CT molecular complexity index is 969. The number of ether oxygens (including phenoxy) is 1. The van der Waals surface area contributed by atoms with Crippen molar-refractivity contribution in [2.45, 2.75) is 13.0 Å². The van der Waals surface area contributed by atoms with Crippen LogP contribution < -0.4 is 10.3 Å². The van der Waals surface area contributed by atoms with Crippen LogP contribution in [0.5, 0.6) is 5.75 Å². The second-order valence-electron chi connectivity index (χ2n) is 5.06. The van der Waals surface area contributed by atoms with Crippen LogP contribution >= 0.6 is 23.2 Å². The van der Waals surface area contributed by atoms with Gasteiger partial charge in [0.2, 0.25) is 0 Å². The first-order valence-corrected chi connectivity index (χ1v) is 7.90. The van der Waals surface area contributed by atoms with Crippen molar-refractivity contribution in [1.82, 2.24) is 9.55 Å². The molecule has 0 N–H and O–H groups in total. The average molecular weight is 363 g/mol. The van der Waals surface area contributed by atoms with E-state index in [1.807, 2.05) is 6.07 Å². The number of nitrogens with zero attached hydrogens (tertiary/aromatic N) is 2. The summed E-state index contributed by atoms with van der Waals surface area (Å²) < 4.78 is 6.57. The fraction of sp³-hybridized carbons (Fsp3) is 0.118. The summed E-state index contributed by atoms with van der Waals surface area (Å²) in [7, 11) is 0. The minimum absolute atomic E-state index is 0.0128. The number of benzene rings is 2. The minimum atomic E-state index is -0.501. The number of fused-ring (bicyclic) bond motifs is 1. The van der Waals surface area contributed by atoms with E-state index < -0.39 is 5.97 Å². The quantitative estimate of drug-likeness (QED) is 0.524. The number of carbonyl (C=O) groups excluding carboxylic acids is 1. The number of esters is 1. The molecule has 0 atom stereocenters. The zero-order valence-corrected chi connectivity index (χ0v) is 13.9. The van der Waals surface area contributed by atoms with Crippen molar-refractivity contribution in [2.75, 3.05) is 0 Å². The molecule has 0 saturated carbocycles. The first-order valence-electron chi connectivity index (χ1n) is 7.14. The van der Waals surface area contributed by atoms with Gasteiger partial charge in [-0.25, -0.2) is 4.98 Å². The van der Waals surface area contributed by atoms with Gasteiger partial charge in [0.05, 0.1) is 28.7 Å². The van der Waals surface area contributed by atoms with Crippen molar-refractivity contribution in [3.05, 3.63) is 69.2 Å². The molecule has 0 fully saturated rings. The van der Waals surface area contributed by atoms with Gasteiger partial charge >= 0.3 is 5.97 Å². The lowest BCUT2D eigenvalue weighted by Crippen LogP contribution is -2.23. The van der Waals surface area contributed by atoms with Crippen LogP contribution in [-0.2, 0) is 11.3 Å². The molecular weight excluding hydrogens is 351 g/mol. The van der Waals surface area contributed by atoms with E-state index in [-0.39, 0.29) is 29.3 Å². The molecule has 0 aliphatic heterocycles. The van der Waals surface area contributed by atoms with Crippen molar-refractivity contribution in [3.8, 4) is 5.75 Å². The van der Waals surface area contributed by atoms with E-state index in [0.29, 0.717) is 15.9 Å². The molecule has 122 valence electrons. The summed E-state index contributed by atoms with van der Waals surface area (Å²) >= 11 is 11.7. The van der Waals surface area contributed by atoms with Gasteiger partial charge in [0.25, 0.3) is 5.56 Å². The zero-order chi connectivity index (χ0) is 17.1. The van der Waals surface area contributed by atoms with Gasteiger partial charge < -0.3 is 4.74 Å². The van der Waals surface area contributed by atoms with Gasteiger partial charge in [0.1, 0.15) is 5.75 Å². The van der Waals surface area contributed by atoms with Gasteiger partial charge in [-0.15, -0.1) is 0 Å². The van der Waals surface area contributed by atoms with E-state index in [2.05, 4.69) is 4.98 Å². The highest BCUT2D eigenvalue weighted by molar-refractivity contribution is 6.35. The topological polar surface area (TPSA) is 61.2 Å². The molecule has 3 aromatic rings. The number of aryl methyl sites for hydroxylation is 1. The third kappa shape index (κ3) is 3.58. The lowest BCUT2D eigenvalue weighted by atomic mass is 10.2. The van der Waals surface area contributed by atoms with Crippen LogP contribution in [0.3, 0.4) is 0 Å². The van der Waals surface area contributed by atoms with Gasteiger partial charge in [-0.2, -0.15) is 0 Å². The maximum absolute atomic E-state index is 12.3. The number of aromatic nitrogens is 2. The molecule has 0 radical (unpaired) electrons. The van der Waals surface area contributed by atoms with Gasteiger partial charge in [-0.1, -0.05) is 35.3 Å². The monoisotopic (exact) mass is 362 g/mol. The maximum atomic E-state index is 12.3. The minimum Gasteiger partial charge on any atom is -0.425 e. The molecule has 24 heavy (non-hydrogen) atoms. The summed E-state index contributed by atoms with van der Waals surface area (Å²) in [6.07, 6.45) is 1.44. The van der Waals surface area contributed by atoms with E-state index in [0.717, 1.165) is 0 Å². The Hall–Kier alpha value is -2.37. The molecule has 1 heterocycles. The summed E-state index contributed by atoms with van der Waals surface area (Å²) in [4.78, 5) is 28.5. The lowest BCUT2D eigenvalue weighted by molar-refractivity contribution is -0.134. The van der Waals surface area contributed by atoms with E-state index in [1.54, 1.807) is 24.3 Å². The van der Waals surface area contributed by atoms with Crippen LogP contribution in [0.1, 0.15) is 6.42 Å². The Morgan fingerprint density at radius 3 is 2.75 bits per heavy atom. The van der Waals surface area contributed by atoms with E-state index in [9.17, 15) is 9.59 Å². The molecule has 7 heteroatoms. The molecule has 0 saturated heterocycles. The number of hydrogen-bond donors (Lipinski definition) is 0. The predicted octanol–water partition coefficient (Wildman–Crippen LogP) is 3.70. The number of carbonyl (C=O) groups is 1. The van der Waals surface area contributed by atoms with Gasteiger partial charge in [0, 0.05) is 11.6 Å². The van der Waals surface area contributed by atoms with Crippen LogP contribution in [0.2, 0.25) is 10.0 Å². The SMILES string of the molecule is O=C(CCn1cnc2ccccc2c1=O)Oc1ccc(Cl)cc1Cl. The van der Waals surface area contributed by atoms with Crippen LogP contribution in [0.4, 0.5) is 0 Å². The zero-order valence-electron chi connectivity index (χ0n) is 12.4. The standard InChI is InChI=1S/C17H12Cl2N2O3/c18-11-5-6-15(13(19)9-11)24-16(22)7-8-21-10-20-14-4-2-1-3-12(14)17(21)23/h1-6,9-10H,7-8H2. The summed E-state index contributed by atoms with van der Waals surface area (Å²) in [5.74, 6) is -0.269. The first-order chi connectivity index (χ1) is 11.5.